The molecule has 3 nitrogen and oxygen atoms in total. The van der Waals surface area contributed by atoms with Gasteiger partial charge in [0.1, 0.15) is 5.84 Å². The summed E-state index contributed by atoms with van der Waals surface area (Å²) in [7, 11) is 0. The van der Waals surface area contributed by atoms with Crippen LogP contribution in [0.1, 0.15) is 36.1 Å². The molecule has 0 fully saturated rings. The van der Waals surface area contributed by atoms with Crippen molar-refractivity contribution >= 4 is 17.2 Å². The van der Waals surface area contributed by atoms with Gasteiger partial charge in [0.25, 0.3) is 0 Å². The lowest BCUT2D eigenvalue weighted by atomic mass is 10.1. The Bertz CT molecular complexity index is 810. The molecule has 0 heterocycles. The lowest BCUT2D eigenvalue weighted by Crippen LogP contribution is -2.17. The van der Waals surface area contributed by atoms with Gasteiger partial charge >= 0.3 is 0 Å². The van der Waals surface area contributed by atoms with Crippen LogP contribution < -0.4 is 5.32 Å². The van der Waals surface area contributed by atoms with Crippen molar-refractivity contribution in [3.05, 3.63) is 71.3 Å². The number of amidine groups is 1. The fraction of sp³-hybridized carbons (Fsp3) is 0.238. The second-order valence-electron chi connectivity index (χ2n) is 5.81. The minimum Gasteiger partial charge on any atom is -0.344 e. The van der Waals surface area contributed by atoms with E-state index in [9.17, 15) is 0 Å². The molecule has 0 aromatic heterocycles. The van der Waals surface area contributed by atoms with E-state index in [1.54, 1.807) is 0 Å². The molecule has 122 valence electrons. The highest BCUT2D eigenvalue weighted by Gasteiger charge is 2.03. The van der Waals surface area contributed by atoms with Crippen LogP contribution >= 0.6 is 0 Å². The molecular weight excluding hydrogens is 294 g/mol. The second kappa shape index (κ2) is 8.12. The number of nitriles is 1. The number of rotatable bonds is 5. The number of hydrogen-bond donors (Lipinski definition) is 1. The molecule has 0 aliphatic heterocycles. The average molecular weight is 317 g/mol. The SMILES string of the molecule is C=C(NC(C)=Nc1cc(CC#N)ccc1C)c1cccc(CC)c1. The lowest BCUT2D eigenvalue weighted by molar-refractivity contribution is 1.13. The molecule has 0 unspecified atom stereocenters. The molecule has 0 amide bonds. The van der Waals surface area contributed by atoms with E-state index in [1.165, 1.54) is 5.56 Å². The van der Waals surface area contributed by atoms with E-state index >= 15 is 0 Å². The number of hydrogen-bond acceptors (Lipinski definition) is 2. The van der Waals surface area contributed by atoms with Crippen molar-refractivity contribution in [3.63, 3.8) is 0 Å². The summed E-state index contributed by atoms with van der Waals surface area (Å²) in [6, 6.07) is 16.4. The lowest BCUT2D eigenvalue weighted by Gasteiger charge is -2.11. The van der Waals surface area contributed by atoms with E-state index in [1.807, 2.05) is 44.2 Å². The van der Waals surface area contributed by atoms with Crippen molar-refractivity contribution in [1.29, 1.82) is 5.26 Å². The minimum absolute atomic E-state index is 0.395. The smallest absolute Gasteiger partial charge is 0.103 e. The Labute approximate surface area is 144 Å². The van der Waals surface area contributed by atoms with Crippen molar-refractivity contribution in [1.82, 2.24) is 5.32 Å². The van der Waals surface area contributed by atoms with Crippen molar-refractivity contribution in [2.24, 2.45) is 4.99 Å². The maximum absolute atomic E-state index is 8.84. The molecule has 0 aliphatic carbocycles. The molecule has 3 heteroatoms. The Hall–Kier alpha value is -2.86. The van der Waals surface area contributed by atoms with E-state index in [-0.39, 0.29) is 0 Å². The zero-order chi connectivity index (χ0) is 17.5. The van der Waals surface area contributed by atoms with Crippen LogP contribution in [0.5, 0.6) is 0 Å². The molecule has 0 bridgehead atoms. The summed E-state index contributed by atoms with van der Waals surface area (Å²) in [6.07, 6.45) is 1.39. The molecule has 0 spiro atoms. The molecule has 1 N–H and O–H groups in total. The monoisotopic (exact) mass is 317 g/mol. The van der Waals surface area contributed by atoms with Gasteiger partial charge in [-0.05, 0) is 54.7 Å². The molecule has 0 aliphatic rings. The zero-order valence-corrected chi connectivity index (χ0v) is 14.6. The largest absolute Gasteiger partial charge is 0.344 e. The van der Waals surface area contributed by atoms with E-state index in [4.69, 9.17) is 5.26 Å². The van der Waals surface area contributed by atoms with Crippen LogP contribution in [0.15, 0.2) is 54.0 Å². The number of aliphatic imine (C=N–C) groups is 1. The Morgan fingerprint density at radius 3 is 2.71 bits per heavy atom. The van der Waals surface area contributed by atoms with E-state index in [2.05, 4.69) is 42.0 Å². The predicted octanol–water partition coefficient (Wildman–Crippen LogP) is 4.93. The van der Waals surface area contributed by atoms with E-state index in [0.29, 0.717) is 6.42 Å². The number of nitrogens with zero attached hydrogens (tertiary/aromatic N) is 2. The van der Waals surface area contributed by atoms with Gasteiger partial charge in [-0.15, -0.1) is 0 Å². The normalized spacial score (nSPS) is 11.0. The molecule has 2 aromatic rings. The van der Waals surface area contributed by atoms with Crippen LogP contribution in [0.4, 0.5) is 5.69 Å². The quantitative estimate of drug-likeness (QED) is 0.627. The first kappa shape index (κ1) is 17.5. The summed E-state index contributed by atoms with van der Waals surface area (Å²) in [5.74, 6) is 0.777. The van der Waals surface area contributed by atoms with Gasteiger partial charge in [-0.2, -0.15) is 5.26 Å². The zero-order valence-electron chi connectivity index (χ0n) is 14.6. The van der Waals surface area contributed by atoms with Gasteiger partial charge in [0.05, 0.1) is 18.2 Å². The third kappa shape index (κ3) is 4.57. The molecule has 0 saturated carbocycles. The van der Waals surface area contributed by atoms with Crippen molar-refractivity contribution in [2.75, 3.05) is 0 Å². The van der Waals surface area contributed by atoms with Gasteiger partial charge in [-0.1, -0.05) is 43.8 Å². The Morgan fingerprint density at radius 1 is 1.21 bits per heavy atom. The van der Waals surface area contributed by atoms with Crippen LogP contribution in [-0.4, -0.2) is 5.84 Å². The molecule has 0 radical (unpaired) electrons. The Balaban J connectivity index is 2.18. The van der Waals surface area contributed by atoms with Gasteiger partial charge < -0.3 is 5.32 Å². The van der Waals surface area contributed by atoms with E-state index < -0.39 is 0 Å². The van der Waals surface area contributed by atoms with Crippen molar-refractivity contribution in [2.45, 2.75) is 33.6 Å². The van der Waals surface area contributed by atoms with Crippen LogP contribution in [-0.2, 0) is 12.8 Å². The predicted molar refractivity (Wildman–Crippen MR) is 101 cm³/mol. The Kier molecular flexibility index (Phi) is 5.92. The summed E-state index contributed by atoms with van der Waals surface area (Å²) in [4.78, 5) is 4.64. The van der Waals surface area contributed by atoms with Crippen LogP contribution in [0.2, 0.25) is 0 Å². The maximum Gasteiger partial charge on any atom is 0.103 e. The van der Waals surface area contributed by atoms with Gasteiger partial charge in [0.2, 0.25) is 0 Å². The second-order valence-corrected chi connectivity index (χ2v) is 5.81. The van der Waals surface area contributed by atoms with Gasteiger partial charge in [-0.25, -0.2) is 4.99 Å². The van der Waals surface area contributed by atoms with Crippen LogP contribution in [0, 0.1) is 18.3 Å². The van der Waals surface area contributed by atoms with Crippen LogP contribution in [0.3, 0.4) is 0 Å². The third-order valence-corrected chi connectivity index (χ3v) is 3.86. The third-order valence-electron chi connectivity index (χ3n) is 3.86. The fourth-order valence-electron chi connectivity index (χ4n) is 2.45. The first-order valence-electron chi connectivity index (χ1n) is 8.10. The van der Waals surface area contributed by atoms with Gasteiger partial charge in [-0.3, -0.25) is 0 Å². The van der Waals surface area contributed by atoms with Gasteiger partial charge in [0, 0.05) is 5.70 Å². The molecule has 24 heavy (non-hydrogen) atoms. The summed E-state index contributed by atoms with van der Waals surface area (Å²) in [6.45, 7) is 10.2. The highest BCUT2D eigenvalue weighted by molar-refractivity contribution is 5.90. The summed E-state index contributed by atoms with van der Waals surface area (Å²) in [5, 5.41) is 12.1. The van der Waals surface area contributed by atoms with E-state index in [0.717, 1.165) is 40.3 Å². The number of benzene rings is 2. The van der Waals surface area contributed by atoms with Gasteiger partial charge in [0.15, 0.2) is 0 Å². The standard InChI is InChI=1S/C21H23N3/c1-5-18-7-6-8-20(13-18)16(3)23-17(4)24-21-14-19(11-12-22)10-9-15(21)2/h6-10,13-14H,3,5,11H2,1-2,4H3,(H,23,24). The topological polar surface area (TPSA) is 48.2 Å². The highest BCUT2D eigenvalue weighted by Crippen LogP contribution is 2.21. The van der Waals surface area contributed by atoms with Crippen molar-refractivity contribution in [3.8, 4) is 6.07 Å². The molecular formula is C21H23N3. The molecule has 2 rings (SSSR count). The average Bonchev–Trinajstić information content (AvgIpc) is 2.58. The van der Waals surface area contributed by atoms with Crippen LogP contribution in [0.25, 0.3) is 5.70 Å². The fourth-order valence-corrected chi connectivity index (χ4v) is 2.45. The maximum atomic E-state index is 8.84. The molecule has 0 atom stereocenters. The minimum atomic E-state index is 0.395. The first-order valence-corrected chi connectivity index (χ1v) is 8.10. The number of nitrogens with one attached hydrogen (secondary N) is 1. The summed E-state index contributed by atoms with van der Waals surface area (Å²) in [5.41, 5.74) is 6.12. The summed E-state index contributed by atoms with van der Waals surface area (Å²) < 4.78 is 0. The number of aryl methyl sites for hydroxylation is 2. The first-order chi connectivity index (χ1) is 11.5. The summed E-state index contributed by atoms with van der Waals surface area (Å²) >= 11 is 0. The Morgan fingerprint density at radius 2 is 2.00 bits per heavy atom. The molecule has 0 saturated heterocycles. The highest BCUT2D eigenvalue weighted by atomic mass is 15.0. The molecule has 2 aromatic carbocycles. The van der Waals surface area contributed by atoms with Crippen molar-refractivity contribution < 1.29 is 0 Å².